The average molecular weight is 454 g/mol. The number of nitrogens with two attached hydrogens (primary N) is 1. The molecule has 2 atom stereocenters. The number of ether oxygens (including phenoxy) is 1. The maximum Gasteiger partial charge on any atom is 0.322 e. The minimum absolute atomic E-state index is 0.0355. The number of aromatic nitrogens is 2. The van der Waals surface area contributed by atoms with Gasteiger partial charge < -0.3 is 20.7 Å². The Morgan fingerprint density at radius 2 is 2.00 bits per heavy atom. The number of aromatic amines is 1. The highest BCUT2D eigenvalue weighted by Crippen LogP contribution is 2.27. The topological polar surface area (TPSA) is 130 Å². The van der Waals surface area contributed by atoms with E-state index in [1.165, 1.54) is 0 Å². The molecule has 4 N–H and O–H groups in total. The summed E-state index contributed by atoms with van der Waals surface area (Å²) in [5.41, 5.74) is 7.06. The smallest absolute Gasteiger partial charge is 0.322 e. The van der Waals surface area contributed by atoms with Gasteiger partial charge in [-0.25, -0.2) is 5.10 Å². The van der Waals surface area contributed by atoms with Crippen LogP contribution in [-0.4, -0.2) is 53.1 Å². The maximum absolute atomic E-state index is 12.8. The number of carbonyl (C=O) groups excluding carboxylic acids is 2. The lowest BCUT2D eigenvalue weighted by Gasteiger charge is -2.18. The molecule has 0 unspecified atom stereocenters. The van der Waals surface area contributed by atoms with Gasteiger partial charge in [0, 0.05) is 30.1 Å². The van der Waals surface area contributed by atoms with E-state index in [-0.39, 0.29) is 29.3 Å². The first-order chi connectivity index (χ1) is 15.4. The summed E-state index contributed by atoms with van der Waals surface area (Å²) >= 11 is 1.08. The lowest BCUT2D eigenvalue weighted by Crippen LogP contribution is -2.39. The molecular weight excluding hydrogens is 430 g/mol. The second kappa shape index (κ2) is 9.33. The molecule has 10 heteroatoms. The number of likely N-dealkylation sites (N-methyl/N-ethyl adjacent to an activating group) is 1. The average Bonchev–Trinajstić information content (AvgIpc) is 3.37. The molecule has 166 valence electrons. The third kappa shape index (κ3) is 5.04. The fraction of sp³-hybridized carbons (Fsp3) is 0.273. The molecule has 1 aliphatic rings. The molecule has 0 radical (unpaired) electrons. The van der Waals surface area contributed by atoms with Crippen LogP contribution in [0.25, 0.3) is 0 Å². The first kappa shape index (κ1) is 21.7. The Labute approximate surface area is 188 Å². The Kier molecular flexibility index (Phi) is 6.33. The summed E-state index contributed by atoms with van der Waals surface area (Å²) < 4.78 is 5.76. The van der Waals surface area contributed by atoms with Gasteiger partial charge in [-0.2, -0.15) is 5.10 Å². The fourth-order valence-electron chi connectivity index (χ4n) is 3.73. The summed E-state index contributed by atoms with van der Waals surface area (Å²) in [7, 11) is 1.97. The summed E-state index contributed by atoms with van der Waals surface area (Å²) in [4.78, 5) is 37.4. The quantitative estimate of drug-likeness (QED) is 0.495. The van der Waals surface area contributed by atoms with E-state index in [0.717, 1.165) is 23.4 Å². The number of carbonyl (C=O) groups is 2. The van der Waals surface area contributed by atoms with Crippen molar-refractivity contribution in [2.24, 2.45) is 5.73 Å². The van der Waals surface area contributed by atoms with Crippen molar-refractivity contribution in [3.8, 4) is 5.75 Å². The van der Waals surface area contributed by atoms with Crippen molar-refractivity contribution in [3.63, 3.8) is 0 Å². The SMILES string of the molecule is CN1C[C@H](c2n[nH]c(=O)s2)[C@H](NC(=O)c2ccc(OCc3cccc(C(N)=O)c3)cc2)C1. The third-order valence-corrected chi connectivity index (χ3v) is 6.20. The lowest BCUT2D eigenvalue weighted by atomic mass is 10.0. The van der Waals surface area contributed by atoms with Gasteiger partial charge in [0.25, 0.3) is 5.91 Å². The van der Waals surface area contributed by atoms with Crippen molar-refractivity contribution >= 4 is 23.2 Å². The molecule has 1 fully saturated rings. The van der Waals surface area contributed by atoms with Gasteiger partial charge in [0.05, 0.1) is 6.04 Å². The second-order valence-corrected chi connectivity index (χ2v) is 8.73. The predicted octanol–water partition coefficient (Wildman–Crippen LogP) is 1.34. The molecule has 32 heavy (non-hydrogen) atoms. The molecule has 2 amide bonds. The Bertz CT molecular complexity index is 1170. The van der Waals surface area contributed by atoms with Crippen molar-refractivity contribution in [2.75, 3.05) is 20.1 Å². The van der Waals surface area contributed by atoms with Crippen LogP contribution in [0.4, 0.5) is 0 Å². The van der Waals surface area contributed by atoms with Crippen LogP contribution in [0.2, 0.25) is 0 Å². The molecule has 0 spiro atoms. The first-order valence-electron chi connectivity index (χ1n) is 10.1. The van der Waals surface area contributed by atoms with Crippen molar-refractivity contribution < 1.29 is 14.3 Å². The predicted molar refractivity (Wildman–Crippen MR) is 120 cm³/mol. The van der Waals surface area contributed by atoms with Crippen LogP contribution in [0, 0.1) is 0 Å². The van der Waals surface area contributed by atoms with Gasteiger partial charge in [0.2, 0.25) is 5.91 Å². The van der Waals surface area contributed by atoms with E-state index in [4.69, 9.17) is 10.5 Å². The van der Waals surface area contributed by atoms with Crippen molar-refractivity contribution in [1.82, 2.24) is 20.4 Å². The standard InChI is InChI=1S/C22H23N5O4S/c1-27-10-17(21-25-26-22(30)32-21)18(11-27)24-20(29)14-5-7-16(8-6-14)31-12-13-3-2-4-15(9-13)19(23)28/h2-9,17-18H,10-12H2,1H3,(H2,23,28)(H,24,29)(H,26,30)/t17-,18+/m0/s1. The summed E-state index contributed by atoms with van der Waals surface area (Å²) in [5.74, 6) is -0.115. The van der Waals surface area contributed by atoms with Crippen LogP contribution < -0.4 is 20.7 Å². The molecule has 1 saturated heterocycles. The highest BCUT2D eigenvalue weighted by Gasteiger charge is 2.35. The van der Waals surface area contributed by atoms with Crippen LogP contribution >= 0.6 is 11.3 Å². The minimum Gasteiger partial charge on any atom is -0.489 e. The molecule has 0 aliphatic carbocycles. The van der Waals surface area contributed by atoms with Gasteiger partial charge in [-0.3, -0.25) is 14.4 Å². The number of nitrogens with zero attached hydrogens (tertiary/aromatic N) is 2. The van der Waals surface area contributed by atoms with E-state index < -0.39 is 5.91 Å². The van der Waals surface area contributed by atoms with Gasteiger partial charge in [0.1, 0.15) is 17.4 Å². The number of H-pyrrole nitrogens is 1. The number of primary amides is 1. The van der Waals surface area contributed by atoms with Crippen LogP contribution in [0.1, 0.15) is 37.2 Å². The zero-order valence-corrected chi connectivity index (χ0v) is 18.2. The number of hydrogen-bond acceptors (Lipinski definition) is 7. The van der Waals surface area contributed by atoms with Crippen LogP contribution in [0.15, 0.2) is 53.3 Å². The van der Waals surface area contributed by atoms with Gasteiger partial charge in [-0.15, -0.1) is 0 Å². The normalized spacial score (nSPS) is 18.4. The first-order valence-corrected chi connectivity index (χ1v) is 10.9. The lowest BCUT2D eigenvalue weighted by molar-refractivity contribution is 0.0934. The zero-order valence-electron chi connectivity index (χ0n) is 17.4. The Morgan fingerprint density at radius 1 is 1.22 bits per heavy atom. The fourth-order valence-corrected chi connectivity index (χ4v) is 4.49. The maximum atomic E-state index is 12.8. The second-order valence-electron chi connectivity index (χ2n) is 7.74. The summed E-state index contributed by atoms with van der Waals surface area (Å²) in [6.07, 6.45) is 0. The summed E-state index contributed by atoms with van der Waals surface area (Å²) in [5, 5.41) is 10.3. The highest BCUT2D eigenvalue weighted by atomic mass is 32.1. The Morgan fingerprint density at radius 3 is 2.69 bits per heavy atom. The van der Waals surface area contributed by atoms with Crippen LogP contribution in [0.3, 0.4) is 0 Å². The van der Waals surface area contributed by atoms with Gasteiger partial charge in [0.15, 0.2) is 0 Å². The molecule has 9 nitrogen and oxygen atoms in total. The van der Waals surface area contributed by atoms with Crippen molar-refractivity contribution in [3.05, 3.63) is 79.9 Å². The number of amides is 2. The Hall–Kier alpha value is -3.50. The van der Waals surface area contributed by atoms with Gasteiger partial charge in [-0.1, -0.05) is 23.5 Å². The van der Waals surface area contributed by atoms with Gasteiger partial charge >= 0.3 is 4.87 Å². The van der Waals surface area contributed by atoms with E-state index in [9.17, 15) is 14.4 Å². The molecule has 3 aromatic rings. The molecule has 1 aliphatic heterocycles. The largest absolute Gasteiger partial charge is 0.489 e. The highest BCUT2D eigenvalue weighted by molar-refractivity contribution is 7.08. The van der Waals surface area contributed by atoms with E-state index in [2.05, 4.69) is 20.4 Å². The van der Waals surface area contributed by atoms with Gasteiger partial charge in [-0.05, 0) is 49.0 Å². The molecule has 4 rings (SSSR count). The number of benzene rings is 2. The molecule has 0 bridgehead atoms. The Balaban J connectivity index is 1.37. The molecule has 2 heterocycles. The number of hydrogen-bond donors (Lipinski definition) is 3. The molecule has 0 saturated carbocycles. The zero-order chi connectivity index (χ0) is 22.7. The van der Waals surface area contributed by atoms with Crippen molar-refractivity contribution in [2.45, 2.75) is 18.6 Å². The van der Waals surface area contributed by atoms with Crippen LogP contribution in [-0.2, 0) is 6.61 Å². The monoisotopic (exact) mass is 453 g/mol. The molecule has 1 aromatic heterocycles. The van der Waals surface area contributed by atoms with Crippen molar-refractivity contribution in [1.29, 1.82) is 0 Å². The number of likely N-dealkylation sites (tertiary alicyclic amines) is 1. The van der Waals surface area contributed by atoms with E-state index in [1.807, 2.05) is 13.1 Å². The van der Waals surface area contributed by atoms with E-state index >= 15 is 0 Å². The van der Waals surface area contributed by atoms with E-state index in [0.29, 0.717) is 28.4 Å². The number of rotatable bonds is 7. The molecule has 2 aromatic carbocycles. The van der Waals surface area contributed by atoms with E-state index in [1.54, 1.807) is 42.5 Å². The third-order valence-electron chi connectivity index (χ3n) is 5.32. The summed E-state index contributed by atoms with van der Waals surface area (Å²) in [6, 6.07) is 13.7. The van der Waals surface area contributed by atoms with Crippen LogP contribution in [0.5, 0.6) is 5.75 Å². The summed E-state index contributed by atoms with van der Waals surface area (Å²) in [6.45, 7) is 1.67. The minimum atomic E-state index is -0.487. The molecular formula is C22H23N5O4S. The number of nitrogens with one attached hydrogen (secondary N) is 2.